The van der Waals surface area contributed by atoms with Gasteiger partial charge in [0.05, 0.1) is 30.9 Å². The van der Waals surface area contributed by atoms with Gasteiger partial charge in [0, 0.05) is 105 Å². The first-order valence-corrected chi connectivity index (χ1v) is 26.3. The van der Waals surface area contributed by atoms with E-state index in [1.165, 1.54) is 24.1 Å². The van der Waals surface area contributed by atoms with Gasteiger partial charge in [-0.1, -0.05) is 36.8 Å². The van der Waals surface area contributed by atoms with Crippen molar-refractivity contribution in [2.45, 2.75) is 78.4 Å². The molecule has 6 aromatic rings. The molecular weight excluding hydrogens is 929 g/mol. The molecule has 2 N–H and O–H groups in total. The predicted molar refractivity (Wildman–Crippen MR) is 286 cm³/mol. The highest BCUT2D eigenvalue weighted by Crippen LogP contribution is 2.44. The van der Waals surface area contributed by atoms with Crippen molar-refractivity contribution in [3.63, 3.8) is 0 Å². The Hall–Kier alpha value is -7.18. The van der Waals surface area contributed by atoms with Crippen molar-refractivity contribution in [3.8, 4) is 40.0 Å². The zero-order valence-corrected chi connectivity index (χ0v) is 43.5. The van der Waals surface area contributed by atoms with E-state index < -0.39 is 0 Å². The second kappa shape index (κ2) is 21.7. The number of nitrogens with zero attached hydrogens (tertiary/aromatic N) is 7. The van der Waals surface area contributed by atoms with Crippen LogP contribution >= 0.6 is 0 Å². The Labute approximate surface area is 434 Å². The Morgan fingerprint density at radius 2 is 1.54 bits per heavy atom. The van der Waals surface area contributed by atoms with Crippen LogP contribution in [0.15, 0.2) is 84.9 Å². The van der Waals surface area contributed by atoms with E-state index >= 15 is 4.79 Å². The number of carbonyl (C=O) groups is 3. The molecule has 6 heterocycles. The molecule has 1 atom stereocenters. The van der Waals surface area contributed by atoms with E-state index in [-0.39, 0.29) is 35.9 Å². The topological polar surface area (TPSA) is 149 Å². The molecule has 0 spiro atoms. The normalized spacial score (nSPS) is 17.1. The number of hydrogen-bond acceptors (Lipinski definition) is 9. The number of benzene rings is 4. The SMILES string of the molecule is Cc1cc(OCCN2CCOCC2)ccc1CC(=O)N1CCc2cc(-c3c(-c4cc(C#N)n(C)c4C)c(C(=O)Nc4ccc(O)cc4)c(C)n3C)c(C(=O)N3Cc4ccccc4C[C@H]3CN3CCCCC3)cc2C1. The largest absolute Gasteiger partial charge is 0.508 e. The van der Waals surface area contributed by atoms with Crippen LogP contribution in [-0.4, -0.2) is 123 Å². The van der Waals surface area contributed by atoms with Crippen LogP contribution in [0.25, 0.3) is 22.4 Å². The first kappa shape index (κ1) is 50.4. The maximum absolute atomic E-state index is 16.1. The van der Waals surface area contributed by atoms with Crippen LogP contribution in [0.4, 0.5) is 5.69 Å². The van der Waals surface area contributed by atoms with Crippen LogP contribution < -0.4 is 10.1 Å². The lowest BCUT2D eigenvalue weighted by Gasteiger charge is -2.41. The van der Waals surface area contributed by atoms with Crippen LogP contribution in [0, 0.1) is 32.1 Å². The number of anilines is 1. The summed E-state index contributed by atoms with van der Waals surface area (Å²) >= 11 is 0. The molecule has 3 amide bonds. The maximum Gasteiger partial charge on any atom is 0.258 e. The molecule has 14 heteroatoms. The fourth-order valence-electron chi connectivity index (χ4n) is 11.6. The molecule has 4 aliphatic heterocycles. The number of ether oxygens (including phenoxy) is 2. The second-order valence-corrected chi connectivity index (χ2v) is 20.7. The minimum Gasteiger partial charge on any atom is -0.508 e. The van der Waals surface area contributed by atoms with Gasteiger partial charge in [0.25, 0.3) is 11.8 Å². The molecule has 2 fully saturated rings. The summed E-state index contributed by atoms with van der Waals surface area (Å²) in [7, 11) is 3.78. The van der Waals surface area contributed by atoms with Crippen LogP contribution in [0.3, 0.4) is 0 Å². The third kappa shape index (κ3) is 10.3. The predicted octanol–water partition coefficient (Wildman–Crippen LogP) is 8.34. The summed E-state index contributed by atoms with van der Waals surface area (Å²) in [6.45, 7) is 14.7. The molecule has 74 heavy (non-hydrogen) atoms. The van der Waals surface area contributed by atoms with Gasteiger partial charge in [-0.2, -0.15) is 5.26 Å². The molecule has 0 saturated carbocycles. The number of nitrogens with one attached hydrogen (secondary N) is 1. The van der Waals surface area contributed by atoms with E-state index in [0.29, 0.717) is 83.2 Å². The Morgan fingerprint density at radius 3 is 2.27 bits per heavy atom. The number of piperidine rings is 1. The quantitative estimate of drug-likeness (QED) is 0.109. The van der Waals surface area contributed by atoms with Crippen molar-refractivity contribution in [2.75, 3.05) is 71.0 Å². The zero-order valence-electron chi connectivity index (χ0n) is 43.5. The number of hydrogen-bond donors (Lipinski definition) is 2. The molecule has 0 bridgehead atoms. The van der Waals surface area contributed by atoms with Gasteiger partial charge in [-0.15, -0.1) is 0 Å². The minimum atomic E-state index is -0.359. The van der Waals surface area contributed by atoms with Gasteiger partial charge in [0.2, 0.25) is 5.91 Å². The maximum atomic E-state index is 16.1. The van der Waals surface area contributed by atoms with Gasteiger partial charge in [0.1, 0.15) is 29.9 Å². The van der Waals surface area contributed by atoms with Crippen molar-refractivity contribution in [2.24, 2.45) is 14.1 Å². The molecular formula is C60H68N8O6. The Morgan fingerprint density at radius 1 is 0.784 bits per heavy atom. The van der Waals surface area contributed by atoms with Gasteiger partial charge < -0.3 is 43.7 Å². The van der Waals surface area contributed by atoms with E-state index in [2.05, 4.69) is 50.4 Å². The first-order valence-electron chi connectivity index (χ1n) is 26.3. The monoisotopic (exact) mass is 997 g/mol. The van der Waals surface area contributed by atoms with Crippen LogP contribution in [0.2, 0.25) is 0 Å². The molecule has 0 aliphatic carbocycles. The van der Waals surface area contributed by atoms with Gasteiger partial charge in [-0.25, -0.2) is 0 Å². The molecule has 4 aromatic carbocycles. The number of fused-ring (bicyclic) bond motifs is 2. The Kier molecular flexibility index (Phi) is 14.8. The van der Waals surface area contributed by atoms with Crippen LogP contribution in [-0.2, 0) is 56.0 Å². The number of amides is 3. The van der Waals surface area contributed by atoms with Gasteiger partial charge in [0.15, 0.2) is 0 Å². The summed E-state index contributed by atoms with van der Waals surface area (Å²) < 4.78 is 15.5. The number of morpholine rings is 1. The second-order valence-electron chi connectivity index (χ2n) is 20.7. The summed E-state index contributed by atoms with van der Waals surface area (Å²) in [5.74, 6) is 0.426. The molecule has 0 unspecified atom stereocenters. The first-order chi connectivity index (χ1) is 35.8. The smallest absolute Gasteiger partial charge is 0.258 e. The fourth-order valence-corrected chi connectivity index (χ4v) is 11.6. The van der Waals surface area contributed by atoms with E-state index in [1.54, 1.807) is 12.1 Å². The number of phenols is 1. The minimum absolute atomic E-state index is 0.0170. The van der Waals surface area contributed by atoms with Crippen molar-refractivity contribution in [3.05, 3.63) is 147 Å². The highest BCUT2D eigenvalue weighted by Gasteiger charge is 2.37. The number of rotatable bonds is 13. The lowest BCUT2D eigenvalue weighted by atomic mass is 9.87. The number of likely N-dealkylation sites (tertiary alicyclic amines) is 1. The van der Waals surface area contributed by atoms with Crippen LogP contribution in [0.5, 0.6) is 11.5 Å². The van der Waals surface area contributed by atoms with Gasteiger partial charge in [-0.05, 0) is 148 Å². The summed E-state index contributed by atoms with van der Waals surface area (Å²) in [5.41, 5.74) is 12.3. The number of nitriles is 1. The standard InChI is InChI=1S/C60H68N8O6/c1-39-29-51(74-28-25-65-23-26-73-27-24-65)18-13-42(39)33-55(70)67-22-19-44-31-53(54(32-46(44)36-67)60(72)68-37-45-12-8-7-11-43(45)30-49(68)38-66-20-9-6-10-21-66)58-57(52-34-48(35-61)63(4)40(52)2)56(41(3)64(58)5)59(71)62-47-14-16-50(69)17-15-47/h7-8,11-18,29,31-32,34,49,69H,6,9-10,19-28,30,33,36-38H2,1-5H3,(H,62,71)/t49-/m0/s1. The number of aromatic hydroxyl groups is 1. The van der Waals surface area contributed by atoms with E-state index in [4.69, 9.17) is 9.47 Å². The van der Waals surface area contributed by atoms with Crippen molar-refractivity contribution in [1.29, 1.82) is 5.26 Å². The molecule has 14 nitrogen and oxygen atoms in total. The zero-order chi connectivity index (χ0) is 51.6. The molecule has 384 valence electrons. The third-order valence-electron chi connectivity index (χ3n) is 16.1. The lowest BCUT2D eigenvalue weighted by Crippen LogP contribution is -2.51. The molecule has 4 aliphatic rings. The Bertz CT molecular complexity index is 3130. The number of carbonyl (C=O) groups excluding carboxylic acids is 3. The van der Waals surface area contributed by atoms with Crippen LogP contribution in [0.1, 0.15) is 90.4 Å². The molecule has 10 rings (SSSR count). The van der Waals surface area contributed by atoms with Gasteiger partial charge >= 0.3 is 0 Å². The fraction of sp³-hybridized carbons (Fsp3) is 0.400. The number of aromatic nitrogens is 2. The molecule has 0 radical (unpaired) electrons. The van der Waals surface area contributed by atoms with Crippen molar-refractivity contribution in [1.82, 2.24) is 28.7 Å². The summed E-state index contributed by atoms with van der Waals surface area (Å²) in [4.78, 5) is 54.1. The number of aryl methyl sites for hydroxylation is 1. The highest BCUT2D eigenvalue weighted by atomic mass is 16.5. The summed E-state index contributed by atoms with van der Waals surface area (Å²) in [6, 6.07) is 29.0. The van der Waals surface area contributed by atoms with E-state index in [0.717, 1.165) is 111 Å². The third-order valence-corrected chi connectivity index (χ3v) is 16.1. The van der Waals surface area contributed by atoms with Crippen molar-refractivity contribution < 1.29 is 29.0 Å². The van der Waals surface area contributed by atoms with E-state index in [1.807, 2.05) is 85.3 Å². The molecule has 2 saturated heterocycles. The summed E-state index contributed by atoms with van der Waals surface area (Å²) in [5, 5.41) is 23.4. The lowest BCUT2D eigenvalue weighted by molar-refractivity contribution is -0.131. The average Bonchev–Trinajstić information content (AvgIpc) is 3.85. The Balaban J connectivity index is 1.04. The van der Waals surface area contributed by atoms with Gasteiger partial charge in [-0.3, -0.25) is 19.3 Å². The molecule has 2 aromatic heterocycles. The average molecular weight is 997 g/mol. The highest BCUT2D eigenvalue weighted by molar-refractivity contribution is 6.14. The van der Waals surface area contributed by atoms with E-state index in [9.17, 15) is 20.0 Å². The van der Waals surface area contributed by atoms with Crippen molar-refractivity contribution >= 4 is 23.4 Å². The summed E-state index contributed by atoms with van der Waals surface area (Å²) in [6.07, 6.45) is 5.04. The number of phenolic OH excluding ortho intramolecular Hbond substituents is 1.